The van der Waals surface area contributed by atoms with Gasteiger partial charge < -0.3 is 21.1 Å². The lowest BCUT2D eigenvalue weighted by Crippen LogP contribution is -2.37. The number of carboxylic acid groups (broad SMARTS) is 1. The Hall–Kier alpha value is -1.79. The quantitative estimate of drug-likeness (QED) is 0.633. The lowest BCUT2D eigenvalue weighted by atomic mass is 10.1. The van der Waals surface area contributed by atoms with Crippen LogP contribution in [0.1, 0.15) is 18.9 Å². The Bertz CT molecular complexity index is 537. The van der Waals surface area contributed by atoms with Gasteiger partial charge in [0.05, 0.1) is 12.5 Å². The molecule has 0 aliphatic heterocycles. The van der Waals surface area contributed by atoms with Crippen molar-refractivity contribution in [1.82, 2.24) is 0 Å². The van der Waals surface area contributed by atoms with Gasteiger partial charge >= 0.3 is 5.97 Å². The third-order valence-corrected chi connectivity index (χ3v) is 3.48. The van der Waals surface area contributed by atoms with Crippen LogP contribution in [0.4, 0.5) is 11.4 Å². The Morgan fingerprint density at radius 2 is 2.14 bits per heavy atom. The topological polar surface area (TPSA) is 95.7 Å². The molecule has 0 bridgehead atoms. The zero-order valence-corrected chi connectivity index (χ0v) is 13.6. The molecule has 0 fully saturated rings. The van der Waals surface area contributed by atoms with E-state index in [2.05, 4.69) is 10.2 Å². The maximum atomic E-state index is 11.9. The minimum atomic E-state index is -1.10. The summed E-state index contributed by atoms with van der Waals surface area (Å²) in [6.07, 6.45) is -0.405. The van der Waals surface area contributed by atoms with Crippen LogP contribution in [0.15, 0.2) is 18.2 Å². The van der Waals surface area contributed by atoms with Crippen LogP contribution in [-0.2, 0) is 9.59 Å². The highest BCUT2D eigenvalue weighted by atomic mass is 35.5. The number of hydrogen-bond donors (Lipinski definition) is 3. The van der Waals surface area contributed by atoms with Crippen LogP contribution in [0.2, 0.25) is 0 Å². The zero-order valence-electron chi connectivity index (χ0n) is 12.8. The Balaban J connectivity index is 2.90. The molecule has 1 rings (SSSR count). The van der Waals surface area contributed by atoms with Gasteiger partial charge in [0.1, 0.15) is 0 Å². The number of alkyl halides is 1. The molecule has 0 aliphatic rings. The fraction of sp³-hybridized carbons (Fsp3) is 0.467. The minimum absolute atomic E-state index is 0.405. The fourth-order valence-corrected chi connectivity index (χ4v) is 2.22. The molecular formula is C15H22ClN3O3. The van der Waals surface area contributed by atoms with Crippen LogP contribution in [-0.4, -0.2) is 42.0 Å². The van der Waals surface area contributed by atoms with E-state index in [0.29, 0.717) is 18.1 Å². The maximum Gasteiger partial charge on any atom is 0.305 e. The molecule has 0 radical (unpaired) electrons. The van der Waals surface area contributed by atoms with Gasteiger partial charge in [-0.05, 0) is 31.5 Å². The molecular weight excluding hydrogens is 306 g/mol. The zero-order chi connectivity index (χ0) is 16.7. The molecule has 0 aromatic heterocycles. The molecule has 0 aliphatic carbocycles. The molecule has 1 aromatic rings. The van der Waals surface area contributed by atoms with Crippen molar-refractivity contribution in [1.29, 1.82) is 0 Å². The first kappa shape index (κ1) is 18.3. The predicted molar refractivity (Wildman–Crippen MR) is 88.6 cm³/mol. The van der Waals surface area contributed by atoms with Crippen molar-refractivity contribution >= 4 is 34.9 Å². The number of hydrogen-bond acceptors (Lipinski definition) is 4. The molecule has 0 saturated carbocycles. The van der Waals surface area contributed by atoms with Gasteiger partial charge in [0, 0.05) is 30.3 Å². The van der Waals surface area contributed by atoms with Gasteiger partial charge in [0.25, 0.3) is 0 Å². The predicted octanol–water partition coefficient (Wildman–Crippen LogP) is 1.80. The molecule has 122 valence electrons. The molecule has 1 aromatic carbocycles. The Morgan fingerprint density at radius 1 is 1.45 bits per heavy atom. The van der Waals surface area contributed by atoms with E-state index < -0.39 is 24.3 Å². The Kier molecular flexibility index (Phi) is 7.14. The molecule has 22 heavy (non-hydrogen) atoms. The van der Waals surface area contributed by atoms with E-state index in [1.165, 1.54) is 0 Å². The summed E-state index contributed by atoms with van der Waals surface area (Å²) in [5.41, 5.74) is 8.01. The molecule has 1 atom stereocenters. The number of anilines is 2. The number of amides is 1. The third-order valence-electron chi connectivity index (χ3n) is 3.31. The van der Waals surface area contributed by atoms with Crippen molar-refractivity contribution in [3.8, 4) is 0 Å². The highest BCUT2D eigenvalue weighted by Crippen LogP contribution is 2.23. The van der Waals surface area contributed by atoms with Gasteiger partial charge in [-0.25, -0.2) is 0 Å². The second kappa shape index (κ2) is 8.60. The van der Waals surface area contributed by atoms with E-state index >= 15 is 0 Å². The average molecular weight is 328 g/mol. The Morgan fingerprint density at radius 3 is 2.68 bits per heavy atom. The number of rotatable bonds is 8. The number of carbonyl (C=O) groups is 2. The van der Waals surface area contributed by atoms with E-state index in [1.807, 2.05) is 32.0 Å². The summed E-state index contributed by atoms with van der Waals surface area (Å²) in [6, 6.07) is 4.62. The highest BCUT2D eigenvalue weighted by molar-refractivity contribution is 6.18. The molecule has 1 amide bonds. The van der Waals surface area contributed by atoms with Crippen molar-refractivity contribution < 1.29 is 14.7 Å². The molecule has 0 saturated heterocycles. The number of nitrogens with two attached hydrogens (primary N) is 1. The van der Waals surface area contributed by atoms with Gasteiger partial charge in [-0.1, -0.05) is 6.07 Å². The molecule has 6 nitrogen and oxygen atoms in total. The summed E-state index contributed by atoms with van der Waals surface area (Å²) in [5, 5.41) is 11.4. The van der Waals surface area contributed by atoms with E-state index in [-0.39, 0.29) is 0 Å². The van der Waals surface area contributed by atoms with Gasteiger partial charge in [0.15, 0.2) is 0 Å². The van der Waals surface area contributed by atoms with Crippen molar-refractivity contribution in [2.45, 2.75) is 26.3 Å². The summed E-state index contributed by atoms with van der Waals surface area (Å²) in [6.45, 7) is 5.38. The van der Waals surface area contributed by atoms with Crippen LogP contribution >= 0.6 is 11.6 Å². The number of aliphatic carboxylic acids is 1. The number of aryl methyl sites for hydroxylation is 1. The monoisotopic (exact) mass is 327 g/mol. The maximum absolute atomic E-state index is 11.9. The van der Waals surface area contributed by atoms with Crippen LogP contribution in [0, 0.1) is 6.92 Å². The smallest absolute Gasteiger partial charge is 0.305 e. The van der Waals surface area contributed by atoms with Crippen molar-refractivity contribution in [2.24, 2.45) is 5.73 Å². The molecule has 0 heterocycles. The number of benzene rings is 1. The number of carboxylic acids is 1. The van der Waals surface area contributed by atoms with Gasteiger partial charge in [0.2, 0.25) is 5.91 Å². The summed E-state index contributed by atoms with van der Waals surface area (Å²) >= 11 is 5.79. The number of nitrogens with zero attached hydrogens (tertiary/aromatic N) is 1. The summed E-state index contributed by atoms with van der Waals surface area (Å²) in [4.78, 5) is 24.6. The van der Waals surface area contributed by atoms with Crippen LogP contribution in [0.5, 0.6) is 0 Å². The van der Waals surface area contributed by atoms with Crippen molar-refractivity contribution in [3.05, 3.63) is 23.8 Å². The molecule has 0 spiro atoms. The normalized spacial score (nSPS) is 11.8. The van der Waals surface area contributed by atoms with Gasteiger partial charge in [-0.15, -0.1) is 11.6 Å². The number of halogens is 1. The largest absolute Gasteiger partial charge is 0.481 e. The number of carbonyl (C=O) groups excluding carboxylic acids is 1. The van der Waals surface area contributed by atoms with Crippen LogP contribution in [0.25, 0.3) is 0 Å². The van der Waals surface area contributed by atoms with E-state index in [1.54, 1.807) is 0 Å². The first-order valence-corrected chi connectivity index (χ1v) is 7.62. The van der Waals surface area contributed by atoms with E-state index in [4.69, 9.17) is 22.4 Å². The summed E-state index contributed by atoms with van der Waals surface area (Å²) in [7, 11) is 0. The van der Waals surface area contributed by atoms with Crippen molar-refractivity contribution in [3.63, 3.8) is 0 Å². The highest BCUT2D eigenvalue weighted by Gasteiger charge is 2.18. The second-order valence-corrected chi connectivity index (χ2v) is 5.34. The second-order valence-electron chi connectivity index (χ2n) is 4.96. The summed E-state index contributed by atoms with van der Waals surface area (Å²) < 4.78 is 0. The van der Waals surface area contributed by atoms with Crippen LogP contribution < -0.4 is 16.0 Å². The Labute approximate surface area is 135 Å². The van der Waals surface area contributed by atoms with Gasteiger partial charge in [-0.3, -0.25) is 9.59 Å². The van der Waals surface area contributed by atoms with E-state index in [0.717, 1.165) is 17.8 Å². The minimum Gasteiger partial charge on any atom is -0.481 e. The molecule has 7 heteroatoms. The first-order valence-electron chi connectivity index (χ1n) is 7.08. The van der Waals surface area contributed by atoms with Crippen LogP contribution in [0.3, 0.4) is 0 Å². The van der Waals surface area contributed by atoms with Crippen molar-refractivity contribution in [2.75, 3.05) is 29.2 Å². The summed E-state index contributed by atoms with van der Waals surface area (Å²) in [5.74, 6) is -1.11. The standard InChI is InChI=1S/C15H22ClN3O3/c1-3-19(7-6-16)11-5-4-10(2)13(8-11)18-15(22)12(17)9-14(20)21/h4-5,8,12H,3,6-7,9,17H2,1-2H3,(H,18,22)(H,20,21)/t12-/m0/s1. The molecule has 0 unspecified atom stereocenters. The SMILES string of the molecule is CCN(CCCl)c1ccc(C)c(NC(=O)[C@@H](N)CC(=O)O)c1. The third kappa shape index (κ3) is 5.20. The number of nitrogens with one attached hydrogen (secondary N) is 1. The van der Waals surface area contributed by atoms with E-state index in [9.17, 15) is 9.59 Å². The molecule has 4 N–H and O–H groups in total. The lowest BCUT2D eigenvalue weighted by Gasteiger charge is -2.23. The average Bonchev–Trinajstić information content (AvgIpc) is 2.46. The lowest BCUT2D eigenvalue weighted by molar-refractivity contribution is -0.138. The first-order chi connectivity index (χ1) is 10.4. The van der Waals surface area contributed by atoms with Gasteiger partial charge in [-0.2, -0.15) is 0 Å². The fourth-order valence-electron chi connectivity index (χ4n) is 2.02.